The summed E-state index contributed by atoms with van der Waals surface area (Å²) in [6.07, 6.45) is 0.782. The van der Waals surface area contributed by atoms with E-state index in [0.717, 1.165) is 31.6 Å². The molecule has 2 atom stereocenters. The Labute approximate surface area is 142 Å². The zero-order valence-corrected chi connectivity index (χ0v) is 13.7. The molecule has 2 aromatic rings. The molecule has 0 radical (unpaired) electrons. The maximum atomic E-state index is 12.3. The fourth-order valence-corrected chi connectivity index (χ4v) is 3.72. The summed E-state index contributed by atoms with van der Waals surface area (Å²) in [5.74, 6) is 0. The molecule has 4 rings (SSSR count). The van der Waals surface area contributed by atoms with E-state index in [1.54, 1.807) is 0 Å². The second-order valence-electron chi connectivity index (χ2n) is 6.61. The summed E-state index contributed by atoms with van der Waals surface area (Å²) in [5, 5.41) is 0. The molecule has 124 valence electrons. The van der Waals surface area contributed by atoms with E-state index >= 15 is 0 Å². The third-order valence-electron chi connectivity index (χ3n) is 4.94. The molecule has 0 saturated carbocycles. The number of likely N-dealkylation sites (tertiary alicyclic amines) is 1. The molecule has 2 heterocycles. The van der Waals surface area contributed by atoms with Crippen molar-refractivity contribution in [2.24, 2.45) is 0 Å². The van der Waals surface area contributed by atoms with Gasteiger partial charge < -0.3 is 4.74 Å². The maximum Gasteiger partial charge on any atom is 0.410 e. The van der Waals surface area contributed by atoms with Crippen LogP contribution in [0, 0.1) is 0 Å². The lowest BCUT2D eigenvalue weighted by Gasteiger charge is -2.35. The molecule has 0 aliphatic carbocycles. The van der Waals surface area contributed by atoms with Crippen LogP contribution < -0.4 is 0 Å². The number of fused-ring (bicyclic) bond motifs is 1. The number of carbonyl (C=O) groups excluding carboxylic acids is 1. The van der Waals surface area contributed by atoms with Gasteiger partial charge in [0.2, 0.25) is 0 Å². The van der Waals surface area contributed by atoms with Crippen LogP contribution in [-0.4, -0.2) is 41.1 Å². The summed E-state index contributed by atoms with van der Waals surface area (Å²) >= 11 is 0. The first kappa shape index (κ1) is 15.2. The van der Waals surface area contributed by atoms with E-state index in [0.29, 0.717) is 6.54 Å². The van der Waals surface area contributed by atoms with Gasteiger partial charge in [-0.15, -0.1) is 0 Å². The highest BCUT2D eigenvalue weighted by Crippen LogP contribution is 2.29. The van der Waals surface area contributed by atoms with Crippen molar-refractivity contribution in [2.75, 3.05) is 13.1 Å². The third kappa shape index (κ3) is 3.15. The Balaban J connectivity index is 1.40. The van der Waals surface area contributed by atoms with Crippen molar-refractivity contribution in [3.63, 3.8) is 0 Å². The number of ether oxygens (including phenoxy) is 1. The number of nitrogens with zero attached hydrogens (tertiary/aromatic N) is 2. The van der Waals surface area contributed by atoms with Crippen LogP contribution in [0.5, 0.6) is 0 Å². The van der Waals surface area contributed by atoms with Crippen LogP contribution in [0.4, 0.5) is 4.79 Å². The Morgan fingerprint density at radius 2 is 1.54 bits per heavy atom. The number of hydrogen-bond donors (Lipinski definition) is 0. The Hall–Kier alpha value is -2.33. The quantitative estimate of drug-likeness (QED) is 0.866. The highest BCUT2D eigenvalue weighted by Gasteiger charge is 2.44. The maximum absolute atomic E-state index is 12.3. The smallest absolute Gasteiger partial charge is 0.410 e. The van der Waals surface area contributed by atoms with Crippen molar-refractivity contribution in [3.8, 4) is 0 Å². The number of carbonyl (C=O) groups is 1. The summed E-state index contributed by atoms with van der Waals surface area (Å²) in [6.45, 7) is 3.37. The largest absolute Gasteiger partial charge is 0.443 e. The molecule has 1 amide bonds. The molecule has 0 unspecified atom stereocenters. The molecule has 0 spiro atoms. The zero-order valence-electron chi connectivity index (χ0n) is 13.7. The van der Waals surface area contributed by atoms with Gasteiger partial charge in [0, 0.05) is 26.2 Å². The van der Waals surface area contributed by atoms with Crippen LogP contribution in [0.25, 0.3) is 0 Å². The number of piperidine rings is 1. The average molecular weight is 322 g/mol. The first-order chi connectivity index (χ1) is 11.8. The predicted octanol–water partition coefficient (Wildman–Crippen LogP) is 3.28. The van der Waals surface area contributed by atoms with E-state index in [4.69, 9.17) is 4.74 Å². The van der Waals surface area contributed by atoms with Crippen molar-refractivity contribution in [3.05, 3.63) is 71.8 Å². The third-order valence-corrected chi connectivity index (χ3v) is 4.94. The average Bonchev–Trinajstić information content (AvgIpc) is 2.92. The number of rotatable bonds is 4. The van der Waals surface area contributed by atoms with Gasteiger partial charge in [-0.2, -0.15) is 0 Å². The minimum atomic E-state index is -0.171. The van der Waals surface area contributed by atoms with Gasteiger partial charge in [0.25, 0.3) is 0 Å². The van der Waals surface area contributed by atoms with Gasteiger partial charge >= 0.3 is 6.09 Å². The van der Waals surface area contributed by atoms with E-state index in [-0.39, 0.29) is 18.2 Å². The molecule has 0 N–H and O–H groups in total. The lowest BCUT2D eigenvalue weighted by Crippen LogP contribution is -2.48. The van der Waals surface area contributed by atoms with Gasteiger partial charge in [-0.3, -0.25) is 9.80 Å². The molecular weight excluding hydrogens is 300 g/mol. The van der Waals surface area contributed by atoms with E-state index in [9.17, 15) is 4.79 Å². The van der Waals surface area contributed by atoms with Crippen molar-refractivity contribution in [1.29, 1.82) is 0 Å². The molecule has 24 heavy (non-hydrogen) atoms. The molecule has 4 heteroatoms. The molecule has 2 aromatic carbocycles. The Bertz CT molecular complexity index is 689. The number of hydrogen-bond acceptors (Lipinski definition) is 3. The molecule has 0 aromatic heterocycles. The Morgan fingerprint density at radius 1 is 0.917 bits per heavy atom. The zero-order chi connectivity index (χ0) is 16.4. The normalized spacial score (nSPS) is 23.8. The van der Waals surface area contributed by atoms with Crippen molar-refractivity contribution in [2.45, 2.75) is 31.7 Å². The minimum absolute atomic E-state index is 0.0151. The second-order valence-corrected chi connectivity index (χ2v) is 6.61. The fourth-order valence-electron chi connectivity index (χ4n) is 3.72. The molecule has 2 fully saturated rings. The van der Waals surface area contributed by atoms with Crippen LogP contribution in [0.3, 0.4) is 0 Å². The fraction of sp³-hybridized carbons (Fsp3) is 0.350. The van der Waals surface area contributed by atoms with Gasteiger partial charge in [-0.05, 0) is 17.5 Å². The molecule has 4 nitrogen and oxygen atoms in total. The van der Waals surface area contributed by atoms with Gasteiger partial charge in [-0.1, -0.05) is 60.7 Å². The highest BCUT2D eigenvalue weighted by atomic mass is 16.6. The van der Waals surface area contributed by atoms with E-state index in [1.807, 2.05) is 29.2 Å². The van der Waals surface area contributed by atoms with Crippen LogP contribution in [0.15, 0.2) is 60.7 Å². The standard InChI is InChI=1S/C20H22N2O2/c23-20-22(14-17-9-5-2-6-10-17)18-11-12-21(15-19(18)24-20)13-16-7-3-1-4-8-16/h1-10,18-19H,11-15H2/t18-,19-/m0/s1. The van der Waals surface area contributed by atoms with Crippen molar-refractivity contribution < 1.29 is 9.53 Å². The van der Waals surface area contributed by atoms with Gasteiger partial charge in [-0.25, -0.2) is 4.79 Å². The van der Waals surface area contributed by atoms with Crippen LogP contribution in [0.2, 0.25) is 0 Å². The van der Waals surface area contributed by atoms with Crippen LogP contribution >= 0.6 is 0 Å². The summed E-state index contributed by atoms with van der Waals surface area (Å²) < 4.78 is 5.66. The van der Waals surface area contributed by atoms with Crippen LogP contribution in [-0.2, 0) is 17.8 Å². The van der Waals surface area contributed by atoms with Crippen LogP contribution in [0.1, 0.15) is 17.5 Å². The van der Waals surface area contributed by atoms with Gasteiger partial charge in [0.1, 0.15) is 6.10 Å². The topological polar surface area (TPSA) is 32.8 Å². The van der Waals surface area contributed by atoms with Gasteiger partial charge in [0.15, 0.2) is 0 Å². The van der Waals surface area contributed by atoms with Gasteiger partial charge in [0.05, 0.1) is 6.04 Å². The first-order valence-electron chi connectivity index (χ1n) is 8.57. The Morgan fingerprint density at radius 3 is 2.21 bits per heavy atom. The summed E-state index contributed by atoms with van der Waals surface area (Å²) in [7, 11) is 0. The highest BCUT2D eigenvalue weighted by molar-refractivity contribution is 5.71. The van der Waals surface area contributed by atoms with E-state index in [1.165, 1.54) is 5.56 Å². The number of benzene rings is 2. The molecule has 0 bridgehead atoms. The lowest BCUT2D eigenvalue weighted by atomic mass is 10.00. The molecule has 2 aliphatic rings. The second kappa shape index (κ2) is 6.65. The SMILES string of the molecule is O=C1O[C@H]2CN(Cc3ccccc3)CC[C@@H]2N1Cc1ccccc1. The van der Waals surface area contributed by atoms with E-state index < -0.39 is 0 Å². The number of amides is 1. The molecule has 2 saturated heterocycles. The van der Waals surface area contributed by atoms with Crippen molar-refractivity contribution >= 4 is 6.09 Å². The summed E-state index contributed by atoms with van der Waals surface area (Å²) in [5.41, 5.74) is 2.46. The van der Waals surface area contributed by atoms with E-state index in [2.05, 4.69) is 41.3 Å². The summed E-state index contributed by atoms with van der Waals surface area (Å²) in [4.78, 5) is 16.6. The minimum Gasteiger partial charge on any atom is -0.443 e. The Kier molecular flexibility index (Phi) is 4.22. The summed E-state index contributed by atoms with van der Waals surface area (Å²) in [6, 6.07) is 20.8. The molecule has 2 aliphatic heterocycles. The lowest BCUT2D eigenvalue weighted by molar-refractivity contribution is 0.0621. The monoisotopic (exact) mass is 322 g/mol. The first-order valence-corrected chi connectivity index (χ1v) is 8.57. The predicted molar refractivity (Wildman–Crippen MR) is 92.4 cm³/mol. The van der Waals surface area contributed by atoms with Crippen molar-refractivity contribution in [1.82, 2.24) is 9.80 Å². The molecular formula is C20H22N2O2.